The molecule has 1 amide bonds. The van der Waals surface area contributed by atoms with Gasteiger partial charge in [0.25, 0.3) is 0 Å². The number of nitrogens with zero attached hydrogens (tertiary/aromatic N) is 2. The minimum absolute atomic E-state index is 0.0536. The Morgan fingerprint density at radius 2 is 2.00 bits per heavy atom. The van der Waals surface area contributed by atoms with E-state index < -0.39 is 10.0 Å². The van der Waals surface area contributed by atoms with Gasteiger partial charge in [0.2, 0.25) is 15.9 Å². The fourth-order valence-corrected chi connectivity index (χ4v) is 5.51. The molecule has 166 valence electrons. The first-order chi connectivity index (χ1) is 14.9. The van der Waals surface area contributed by atoms with E-state index in [0.29, 0.717) is 68.6 Å². The number of aromatic nitrogens is 1. The molecule has 1 saturated heterocycles. The highest BCUT2D eigenvalue weighted by molar-refractivity contribution is 7.89. The van der Waals surface area contributed by atoms with E-state index in [1.54, 1.807) is 6.07 Å². The van der Waals surface area contributed by atoms with E-state index in [9.17, 15) is 13.2 Å². The second-order valence-electron chi connectivity index (χ2n) is 7.51. The number of rotatable bonds is 6. The van der Waals surface area contributed by atoms with Crippen molar-refractivity contribution in [2.75, 3.05) is 32.8 Å². The lowest BCUT2D eigenvalue weighted by atomic mass is 9.97. The van der Waals surface area contributed by atoms with E-state index in [1.807, 2.05) is 12.1 Å². The third-order valence-corrected chi connectivity index (χ3v) is 7.63. The van der Waals surface area contributed by atoms with Crippen molar-refractivity contribution in [3.8, 4) is 11.5 Å². The van der Waals surface area contributed by atoms with E-state index >= 15 is 0 Å². The van der Waals surface area contributed by atoms with Gasteiger partial charge in [0.05, 0.1) is 5.02 Å². The summed E-state index contributed by atoms with van der Waals surface area (Å²) in [5.74, 6) is 0.933. The van der Waals surface area contributed by atoms with Crippen molar-refractivity contribution in [2.45, 2.75) is 24.2 Å². The van der Waals surface area contributed by atoms with Gasteiger partial charge in [0.1, 0.15) is 18.1 Å². The number of carbonyl (C=O) groups excluding carboxylic acids is 1. The maximum Gasteiger partial charge on any atom is 0.244 e. The number of hydrogen-bond donors (Lipinski definition) is 1. The van der Waals surface area contributed by atoms with Crippen LogP contribution in [0.25, 0.3) is 0 Å². The van der Waals surface area contributed by atoms with Crippen LogP contribution in [-0.4, -0.2) is 56.5 Å². The van der Waals surface area contributed by atoms with Gasteiger partial charge in [-0.05, 0) is 49.1 Å². The summed E-state index contributed by atoms with van der Waals surface area (Å²) < 4.78 is 37.9. The molecule has 0 saturated carbocycles. The first-order valence-corrected chi connectivity index (χ1v) is 12.0. The predicted octanol–water partition coefficient (Wildman–Crippen LogP) is 2.27. The third-order valence-electron chi connectivity index (χ3n) is 5.47. The molecule has 1 fully saturated rings. The molecule has 1 aromatic heterocycles. The van der Waals surface area contributed by atoms with Gasteiger partial charge in [-0.3, -0.25) is 9.78 Å². The fourth-order valence-electron chi connectivity index (χ4n) is 3.79. The Morgan fingerprint density at radius 1 is 1.23 bits per heavy atom. The number of hydrogen-bond acceptors (Lipinski definition) is 6. The van der Waals surface area contributed by atoms with E-state index in [-0.39, 0.29) is 16.7 Å². The van der Waals surface area contributed by atoms with Gasteiger partial charge in [-0.2, -0.15) is 4.31 Å². The summed E-state index contributed by atoms with van der Waals surface area (Å²) in [7, 11) is -3.57. The first kappa shape index (κ1) is 21.9. The Kier molecular flexibility index (Phi) is 6.64. The van der Waals surface area contributed by atoms with Crippen LogP contribution in [0.4, 0.5) is 0 Å². The van der Waals surface area contributed by atoms with E-state index in [2.05, 4.69) is 10.3 Å². The predicted molar refractivity (Wildman–Crippen MR) is 115 cm³/mol. The minimum Gasteiger partial charge on any atom is -0.486 e. The number of pyridine rings is 1. The van der Waals surface area contributed by atoms with Crippen molar-refractivity contribution in [3.05, 3.63) is 47.2 Å². The monoisotopic (exact) mass is 465 g/mol. The summed E-state index contributed by atoms with van der Waals surface area (Å²) in [5, 5.41) is 3.45. The molecule has 0 bridgehead atoms. The van der Waals surface area contributed by atoms with Gasteiger partial charge >= 0.3 is 0 Å². The van der Waals surface area contributed by atoms with Crippen molar-refractivity contribution < 1.29 is 22.7 Å². The van der Waals surface area contributed by atoms with Gasteiger partial charge in [0, 0.05) is 37.9 Å². The second kappa shape index (κ2) is 9.42. The number of piperidine rings is 1. The van der Waals surface area contributed by atoms with Crippen molar-refractivity contribution in [2.24, 2.45) is 5.92 Å². The molecule has 2 aliphatic heterocycles. The average molecular weight is 466 g/mol. The van der Waals surface area contributed by atoms with Crippen molar-refractivity contribution >= 4 is 27.5 Å². The lowest BCUT2D eigenvalue weighted by Crippen LogP contribution is -2.43. The third kappa shape index (κ3) is 4.94. The van der Waals surface area contributed by atoms with E-state index in [4.69, 9.17) is 21.1 Å². The number of sulfonamides is 1. The molecule has 0 unspecified atom stereocenters. The van der Waals surface area contributed by atoms with Crippen LogP contribution in [0.5, 0.6) is 11.5 Å². The summed E-state index contributed by atoms with van der Waals surface area (Å²) in [6.45, 7) is 2.05. The van der Waals surface area contributed by atoms with Crippen LogP contribution in [0.15, 0.2) is 41.6 Å². The Bertz CT molecular complexity index is 1040. The molecular weight excluding hydrogens is 442 g/mol. The zero-order valence-electron chi connectivity index (χ0n) is 16.9. The van der Waals surface area contributed by atoms with E-state index in [0.717, 1.165) is 5.56 Å². The number of amides is 1. The smallest absolute Gasteiger partial charge is 0.244 e. The van der Waals surface area contributed by atoms with Crippen LogP contribution >= 0.6 is 11.6 Å². The number of fused-ring (bicyclic) bond motifs is 1. The zero-order valence-corrected chi connectivity index (χ0v) is 18.5. The summed E-state index contributed by atoms with van der Waals surface area (Å²) in [5.41, 5.74) is 0.951. The molecule has 3 heterocycles. The topological polar surface area (TPSA) is 97.8 Å². The molecular formula is C21H24ClN3O5S. The van der Waals surface area contributed by atoms with Crippen LogP contribution < -0.4 is 14.8 Å². The molecule has 1 N–H and O–H groups in total. The summed E-state index contributed by atoms with van der Waals surface area (Å²) in [6.07, 6.45) is 4.46. The van der Waals surface area contributed by atoms with Crippen LogP contribution in [0, 0.1) is 5.92 Å². The molecule has 0 atom stereocenters. The van der Waals surface area contributed by atoms with Crippen molar-refractivity contribution in [1.29, 1.82) is 0 Å². The Balaban J connectivity index is 1.27. The lowest BCUT2D eigenvalue weighted by molar-refractivity contribution is -0.126. The highest BCUT2D eigenvalue weighted by atomic mass is 35.5. The molecule has 8 nitrogen and oxygen atoms in total. The van der Waals surface area contributed by atoms with E-state index in [1.165, 1.54) is 22.8 Å². The molecule has 31 heavy (non-hydrogen) atoms. The molecule has 0 aliphatic carbocycles. The van der Waals surface area contributed by atoms with Gasteiger partial charge in [-0.25, -0.2) is 8.42 Å². The maximum absolute atomic E-state index is 12.7. The van der Waals surface area contributed by atoms with Crippen molar-refractivity contribution in [3.63, 3.8) is 0 Å². The minimum atomic E-state index is -3.57. The van der Waals surface area contributed by atoms with Gasteiger partial charge in [0.15, 0.2) is 11.5 Å². The fraction of sp³-hybridized carbons (Fsp3) is 0.429. The molecule has 10 heteroatoms. The largest absolute Gasteiger partial charge is 0.486 e. The summed E-state index contributed by atoms with van der Waals surface area (Å²) in [4.78, 5) is 16.6. The number of benzene rings is 1. The number of nitrogens with one attached hydrogen (secondary N) is 1. The van der Waals surface area contributed by atoms with Gasteiger partial charge in [-0.1, -0.05) is 11.6 Å². The Labute approximate surface area is 186 Å². The number of ether oxygens (including phenoxy) is 2. The van der Waals surface area contributed by atoms with Gasteiger partial charge in [-0.15, -0.1) is 0 Å². The van der Waals surface area contributed by atoms with Crippen LogP contribution in [0.3, 0.4) is 0 Å². The highest BCUT2D eigenvalue weighted by Gasteiger charge is 2.32. The standard InChI is InChI=1S/C21H24ClN3O5S/c22-18-12-15(13-19-20(18)30-11-10-29-19)3-7-24-21(26)16-4-8-25(9-5-16)31(27,28)17-2-1-6-23-14-17/h1-2,6,12-14,16H,3-5,7-11H2,(H,24,26). The highest BCUT2D eigenvalue weighted by Crippen LogP contribution is 2.38. The number of halogens is 1. The summed E-state index contributed by atoms with van der Waals surface area (Å²) in [6, 6.07) is 6.84. The number of carbonyl (C=O) groups is 1. The lowest BCUT2D eigenvalue weighted by Gasteiger charge is -2.30. The average Bonchev–Trinajstić information content (AvgIpc) is 2.80. The summed E-state index contributed by atoms with van der Waals surface area (Å²) >= 11 is 6.26. The maximum atomic E-state index is 12.7. The van der Waals surface area contributed by atoms with Crippen molar-refractivity contribution in [1.82, 2.24) is 14.6 Å². The Morgan fingerprint density at radius 3 is 2.74 bits per heavy atom. The molecule has 1 aromatic carbocycles. The molecule has 4 rings (SSSR count). The Hall–Kier alpha value is -2.36. The second-order valence-corrected chi connectivity index (χ2v) is 9.86. The van der Waals surface area contributed by atoms with Crippen LogP contribution in [0.1, 0.15) is 18.4 Å². The SMILES string of the molecule is O=C(NCCc1cc(Cl)c2c(c1)OCCO2)C1CCN(S(=O)(=O)c2cccnc2)CC1. The molecule has 2 aromatic rings. The van der Waals surface area contributed by atoms with Gasteiger partial charge < -0.3 is 14.8 Å². The van der Waals surface area contributed by atoms with Crippen LogP contribution in [-0.2, 0) is 21.2 Å². The molecule has 0 radical (unpaired) electrons. The molecule has 0 spiro atoms. The zero-order chi connectivity index (χ0) is 21.8. The normalized spacial score (nSPS) is 17.3. The van der Waals surface area contributed by atoms with Crippen LogP contribution in [0.2, 0.25) is 5.02 Å². The first-order valence-electron chi connectivity index (χ1n) is 10.2. The quantitative estimate of drug-likeness (QED) is 0.702. The molecule has 2 aliphatic rings.